The highest BCUT2D eigenvalue weighted by molar-refractivity contribution is 7.89. The molecule has 1 aromatic rings. The van der Waals surface area contributed by atoms with Crippen LogP contribution in [0.3, 0.4) is 0 Å². The van der Waals surface area contributed by atoms with Crippen molar-refractivity contribution in [3.05, 3.63) is 30.1 Å². The number of sulfonamides is 1. The lowest BCUT2D eigenvalue weighted by Crippen LogP contribution is -2.34. The van der Waals surface area contributed by atoms with Crippen molar-refractivity contribution < 1.29 is 8.42 Å². The van der Waals surface area contributed by atoms with E-state index >= 15 is 0 Å². The van der Waals surface area contributed by atoms with Crippen LogP contribution in [-0.4, -0.2) is 50.1 Å². The summed E-state index contributed by atoms with van der Waals surface area (Å²) in [7, 11) is -1.52. The molecule has 1 rings (SSSR count). The van der Waals surface area contributed by atoms with Gasteiger partial charge in [-0.25, -0.2) is 12.7 Å². The topological polar surface area (TPSA) is 62.3 Å². The number of aromatic nitrogens is 1. The Labute approximate surface area is 109 Å². The quantitative estimate of drug-likeness (QED) is 0.699. The zero-order valence-electron chi connectivity index (χ0n) is 11.0. The summed E-state index contributed by atoms with van der Waals surface area (Å²) in [5.74, 6) is 0.147. The second-order valence-electron chi connectivity index (χ2n) is 4.10. The van der Waals surface area contributed by atoms with Crippen LogP contribution in [0.25, 0.3) is 0 Å². The Kier molecular flexibility index (Phi) is 6.24. The van der Waals surface area contributed by atoms with Crippen molar-refractivity contribution in [1.82, 2.24) is 14.6 Å². The Morgan fingerprint density at radius 2 is 2.00 bits per heavy atom. The predicted octanol–water partition coefficient (Wildman–Crippen LogP) is 0.495. The van der Waals surface area contributed by atoms with Crippen molar-refractivity contribution >= 4 is 10.0 Å². The molecule has 0 saturated carbocycles. The maximum absolute atomic E-state index is 11.9. The van der Waals surface area contributed by atoms with Gasteiger partial charge < -0.3 is 5.32 Å². The maximum atomic E-state index is 11.9. The first-order valence-electron chi connectivity index (χ1n) is 6.10. The fourth-order valence-corrected chi connectivity index (χ4v) is 2.59. The van der Waals surface area contributed by atoms with Gasteiger partial charge in [-0.1, -0.05) is 6.92 Å². The van der Waals surface area contributed by atoms with E-state index in [1.807, 2.05) is 19.1 Å². The number of nitrogens with one attached hydrogen (secondary N) is 1. The summed E-state index contributed by atoms with van der Waals surface area (Å²) in [5.41, 5.74) is 1.10. The van der Waals surface area contributed by atoms with Crippen LogP contribution >= 0.6 is 0 Å². The highest BCUT2D eigenvalue weighted by Crippen LogP contribution is 2.03. The summed E-state index contributed by atoms with van der Waals surface area (Å²) in [6.45, 7) is 3.74. The maximum Gasteiger partial charge on any atom is 0.215 e. The van der Waals surface area contributed by atoms with Gasteiger partial charge in [0.25, 0.3) is 0 Å². The third-order valence-electron chi connectivity index (χ3n) is 2.73. The largest absolute Gasteiger partial charge is 0.316 e. The second kappa shape index (κ2) is 7.45. The van der Waals surface area contributed by atoms with E-state index in [4.69, 9.17) is 0 Å². The molecule has 5 nitrogen and oxygen atoms in total. The van der Waals surface area contributed by atoms with E-state index in [9.17, 15) is 8.42 Å². The highest BCUT2D eigenvalue weighted by Gasteiger charge is 2.16. The second-order valence-corrected chi connectivity index (χ2v) is 6.29. The van der Waals surface area contributed by atoms with Gasteiger partial charge in [-0.05, 0) is 30.7 Å². The van der Waals surface area contributed by atoms with E-state index in [-0.39, 0.29) is 5.75 Å². The van der Waals surface area contributed by atoms with Crippen molar-refractivity contribution in [1.29, 1.82) is 0 Å². The molecule has 1 N–H and O–H groups in total. The lowest BCUT2D eigenvalue weighted by molar-refractivity contribution is 0.471. The molecular weight excluding hydrogens is 250 g/mol. The van der Waals surface area contributed by atoms with Gasteiger partial charge in [0.05, 0.1) is 5.75 Å². The minimum absolute atomic E-state index is 0.147. The number of likely N-dealkylation sites (N-methyl/N-ethyl adjacent to an activating group) is 1. The van der Waals surface area contributed by atoms with Crippen molar-refractivity contribution in [2.24, 2.45) is 0 Å². The Balaban J connectivity index is 2.42. The molecule has 18 heavy (non-hydrogen) atoms. The SMILES string of the molecule is CCNCCS(=O)(=O)N(C)CCc1ccncc1. The van der Waals surface area contributed by atoms with Gasteiger partial charge in [0.2, 0.25) is 10.0 Å². The van der Waals surface area contributed by atoms with Gasteiger partial charge in [-0.3, -0.25) is 4.98 Å². The summed E-state index contributed by atoms with van der Waals surface area (Å²) in [6.07, 6.45) is 4.14. The van der Waals surface area contributed by atoms with Crippen LogP contribution in [0, 0.1) is 0 Å². The van der Waals surface area contributed by atoms with Gasteiger partial charge in [-0.15, -0.1) is 0 Å². The zero-order chi connectivity index (χ0) is 13.4. The summed E-state index contributed by atoms with van der Waals surface area (Å²) < 4.78 is 25.2. The number of nitrogens with zero attached hydrogens (tertiary/aromatic N) is 2. The van der Waals surface area contributed by atoms with E-state index in [2.05, 4.69) is 10.3 Å². The van der Waals surface area contributed by atoms with Crippen LogP contribution in [-0.2, 0) is 16.4 Å². The minimum Gasteiger partial charge on any atom is -0.316 e. The van der Waals surface area contributed by atoms with E-state index < -0.39 is 10.0 Å². The lowest BCUT2D eigenvalue weighted by Gasteiger charge is -2.17. The summed E-state index contributed by atoms with van der Waals surface area (Å²) in [4.78, 5) is 3.93. The molecule has 0 saturated heterocycles. The number of hydrogen-bond acceptors (Lipinski definition) is 4. The van der Waals surface area contributed by atoms with Crippen molar-refractivity contribution in [2.45, 2.75) is 13.3 Å². The van der Waals surface area contributed by atoms with Gasteiger partial charge in [0.1, 0.15) is 0 Å². The van der Waals surface area contributed by atoms with Crippen molar-refractivity contribution in [3.8, 4) is 0 Å². The third-order valence-corrected chi connectivity index (χ3v) is 4.58. The highest BCUT2D eigenvalue weighted by atomic mass is 32.2. The molecule has 0 atom stereocenters. The monoisotopic (exact) mass is 271 g/mol. The molecule has 6 heteroatoms. The summed E-state index contributed by atoms with van der Waals surface area (Å²) in [6, 6.07) is 3.80. The first kappa shape index (κ1) is 15.1. The van der Waals surface area contributed by atoms with Gasteiger partial charge in [0, 0.05) is 32.5 Å². The first-order chi connectivity index (χ1) is 8.56. The molecular formula is C12H21N3O2S. The predicted molar refractivity (Wildman–Crippen MR) is 72.9 cm³/mol. The fourth-order valence-electron chi connectivity index (χ4n) is 1.51. The Bertz CT molecular complexity index is 434. The molecule has 0 aliphatic carbocycles. The average Bonchev–Trinajstić information content (AvgIpc) is 2.37. The third kappa shape index (κ3) is 5.12. The zero-order valence-corrected chi connectivity index (χ0v) is 11.8. The molecule has 0 aromatic carbocycles. The molecule has 0 aliphatic rings. The Hall–Kier alpha value is -0.980. The summed E-state index contributed by atoms with van der Waals surface area (Å²) in [5, 5.41) is 3.02. The molecule has 0 bridgehead atoms. The molecule has 0 unspecified atom stereocenters. The molecule has 102 valence electrons. The van der Waals surface area contributed by atoms with Crippen LogP contribution in [0.4, 0.5) is 0 Å². The number of hydrogen-bond donors (Lipinski definition) is 1. The van der Waals surface area contributed by atoms with Crippen LogP contribution in [0.5, 0.6) is 0 Å². The fraction of sp³-hybridized carbons (Fsp3) is 0.583. The van der Waals surface area contributed by atoms with E-state index in [1.165, 1.54) is 4.31 Å². The van der Waals surface area contributed by atoms with E-state index in [1.54, 1.807) is 19.4 Å². The van der Waals surface area contributed by atoms with Gasteiger partial charge in [-0.2, -0.15) is 0 Å². The number of rotatable bonds is 8. The molecule has 0 amide bonds. The van der Waals surface area contributed by atoms with Crippen LogP contribution < -0.4 is 5.32 Å². The van der Waals surface area contributed by atoms with Gasteiger partial charge in [0.15, 0.2) is 0 Å². The van der Waals surface area contributed by atoms with Crippen LogP contribution in [0.2, 0.25) is 0 Å². The normalized spacial score (nSPS) is 11.9. The molecule has 0 aliphatic heterocycles. The van der Waals surface area contributed by atoms with Crippen molar-refractivity contribution in [2.75, 3.05) is 32.4 Å². The Morgan fingerprint density at radius 3 is 2.61 bits per heavy atom. The lowest BCUT2D eigenvalue weighted by atomic mass is 10.2. The summed E-state index contributed by atoms with van der Waals surface area (Å²) >= 11 is 0. The standard InChI is InChI=1S/C12H21N3O2S/c1-3-13-9-11-18(16,17)15(2)10-6-12-4-7-14-8-5-12/h4-5,7-8,13H,3,6,9-11H2,1-2H3. The first-order valence-corrected chi connectivity index (χ1v) is 7.71. The molecule has 0 fully saturated rings. The van der Waals surface area contributed by atoms with Crippen molar-refractivity contribution in [3.63, 3.8) is 0 Å². The molecule has 1 aromatic heterocycles. The Morgan fingerprint density at radius 1 is 1.33 bits per heavy atom. The number of pyridine rings is 1. The van der Waals surface area contributed by atoms with Crippen LogP contribution in [0.15, 0.2) is 24.5 Å². The van der Waals surface area contributed by atoms with E-state index in [0.717, 1.165) is 12.1 Å². The molecule has 1 heterocycles. The van der Waals surface area contributed by atoms with E-state index in [0.29, 0.717) is 19.5 Å². The average molecular weight is 271 g/mol. The smallest absolute Gasteiger partial charge is 0.215 e. The van der Waals surface area contributed by atoms with Crippen LogP contribution in [0.1, 0.15) is 12.5 Å². The minimum atomic E-state index is -3.15. The molecule has 0 spiro atoms. The van der Waals surface area contributed by atoms with Gasteiger partial charge >= 0.3 is 0 Å². The molecule has 0 radical (unpaired) electrons.